The molecule has 122 valence electrons. The van der Waals surface area contributed by atoms with Crippen molar-refractivity contribution in [3.8, 4) is 0 Å². The van der Waals surface area contributed by atoms with Crippen molar-refractivity contribution >= 4 is 15.9 Å². The van der Waals surface area contributed by atoms with Gasteiger partial charge < -0.3 is 5.32 Å². The predicted octanol–water partition coefficient (Wildman–Crippen LogP) is 1.86. The Kier molecular flexibility index (Phi) is 5.58. The maximum Gasteiger partial charge on any atom is 0.243 e. The summed E-state index contributed by atoms with van der Waals surface area (Å²) in [6.07, 6.45) is 1.56. The highest BCUT2D eigenvalue weighted by Crippen LogP contribution is 2.23. The van der Waals surface area contributed by atoms with Crippen LogP contribution in [0.25, 0.3) is 0 Å². The van der Waals surface area contributed by atoms with Crippen molar-refractivity contribution in [2.45, 2.75) is 31.6 Å². The van der Waals surface area contributed by atoms with Gasteiger partial charge in [0.1, 0.15) is 0 Å². The Morgan fingerprint density at radius 2 is 1.82 bits per heavy atom. The van der Waals surface area contributed by atoms with E-state index in [0.717, 1.165) is 12.8 Å². The average Bonchev–Trinajstić information content (AvgIpc) is 2.53. The van der Waals surface area contributed by atoms with E-state index in [-0.39, 0.29) is 11.8 Å². The third-order valence-corrected chi connectivity index (χ3v) is 5.96. The van der Waals surface area contributed by atoms with Crippen molar-refractivity contribution in [1.29, 1.82) is 0 Å². The highest BCUT2D eigenvalue weighted by molar-refractivity contribution is 7.89. The lowest BCUT2D eigenvalue weighted by Crippen LogP contribution is -2.42. The molecule has 1 aliphatic rings. The van der Waals surface area contributed by atoms with E-state index in [4.69, 9.17) is 0 Å². The van der Waals surface area contributed by atoms with Crippen LogP contribution in [0.2, 0.25) is 0 Å². The number of piperidine rings is 1. The molecule has 0 aliphatic carbocycles. The molecule has 0 atom stereocenters. The van der Waals surface area contributed by atoms with Gasteiger partial charge in [-0.15, -0.1) is 0 Å². The number of hydrogen-bond acceptors (Lipinski definition) is 3. The lowest BCUT2D eigenvalue weighted by Gasteiger charge is -2.31. The zero-order valence-electron chi connectivity index (χ0n) is 13.2. The fourth-order valence-electron chi connectivity index (χ4n) is 2.54. The van der Waals surface area contributed by atoms with E-state index in [9.17, 15) is 13.2 Å². The van der Waals surface area contributed by atoms with Gasteiger partial charge in [0.05, 0.1) is 4.90 Å². The van der Waals surface area contributed by atoms with Crippen LogP contribution in [-0.2, 0) is 14.8 Å². The summed E-state index contributed by atoms with van der Waals surface area (Å²) in [5.41, 5.74) is 0. The standard InChI is InChI=1S/C16H24N2O3S/c1-13(2)16(19)17-12-14-8-10-18(11-9-14)22(20,21)15-6-4-3-5-7-15/h3-7,13-14H,8-12H2,1-2H3,(H,17,19). The SMILES string of the molecule is CC(C)C(=O)NCC1CCN(S(=O)(=O)c2ccccc2)CC1. The lowest BCUT2D eigenvalue weighted by molar-refractivity contribution is -0.124. The summed E-state index contributed by atoms with van der Waals surface area (Å²) < 4.78 is 26.6. The zero-order valence-corrected chi connectivity index (χ0v) is 14.0. The van der Waals surface area contributed by atoms with E-state index in [1.54, 1.807) is 28.6 Å². The second kappa shape index (κ2) is 7.24. The average molecular weight is 324 g/mol. The molecule has 0 unspecified atom stereocenters. The minimum atomic E-state index is -3.38. The summed E-state index contributed by atoms with van der Waals surface area (Å²) in [5.74, 6) is 0.391. The van der Waals surface area contributed by atoms with Crippen LogP contribution in [0, 0.1) is 11.8 Å². The van der Waals surface area contributed by atoms with Gasteiger partial charge in [0.25, 0.3) is 0 Å². The molecule has 1 heterocycles. The van der Waals surface area contributed by atoms with Crippen molar-refractivity contribution in [2.75, 3.05) is 19.6 Å². The van der Waals surface area contributed by atoms with Crippen LogP contribution in [0.4, 0.5) is 0 Å². The number of benzene rings is 1. The number of nitrogens with one attached hydrogen (secondary N) is 1. The van der Waals surface area contributed by atoms with E-state index < -0.39 is 10.0 Å². The van der Waals surface area contributed by atoms with Crippen molar-refractivity contribution in [3.63, 3.8) is 0 Å². The summed E-state index contributed by atoms with van der Waals surface area (Å²) >= 11 is 0. The van der Waals surface area contributed by atoms with Gasteiger partial charge in [-0.2, -0.15) is 4.31 Å². The van der Waals surface area contributed by atoms with E-state index in [2.05, 4.69) is 5.32 Å². The maximum atomic E-state index is 12.5. The molecule has 0 bridgehead atoms. The Hall–Kier alpha value is -1.40. The fourth-order valence-corrected chi connectivity index (χ4v) is 4.04. The normalized spacial score (nSPS) is 17.6. The number of amides is 1. The first-order valence-corrected chi connectivity index (χ1v) is 9.18. The topological polar surface area (TPSA) is 66.5 Å². The van der Waals surface area contributed by atoms with E-state index in [1.165, 1.54) is 0 Å². The second-order valence-corrected chi connectivity index (χ2v) is 8.00. The summed E-state index contributed by atoms with van der Waals surface area (Å²) in [6.45, 7) is 5.39. The van der Waals surface area contributed by atoms with Gasteiger partial charge in [-0.25, -0.2) is 8.42 Å². The van der Waals surface area contributed by atoms with Crippen LogP contribution in [-0.4, -0.2) is 38.3 Å². The quantitative estimate of drug-likeness (QED) is 0.899. The molecule has 6 heteroatoms. The van der Waals surface area contributed by atoms with E-state index in [1.807, 2.05) is 19.9 Å². The van der Waals surface area contributed by atoms with Crippen molar-refractivity contribution in [2.24, 2.45) is 11.8 Å². The highest BCUT2D eigenvalue weighted by atomic mass is 32.2. The Labute approximate surface area is 132 Å². The van der Waals surface area contributed by atoms with Crippen LogP contribution >= 0.6 is 0 Å². The fraction of sp³-hybridized carbons (Fsp3) is 0.562. The first kappa shape index (κ1) is 17.0. The first-order valence-electron chi connectivity index (χ1n) is 7.74. The molecule has 2 rings (SSSR count). The van der Waals surface area contributed by atoms with Gasteiger partial charge in [-0.1, -0.05) is 32.0 Å². The Morgan fingerprint density at radius 1 is 1.23 bits per heavy atom. The number of carbonyl (C=O) groups excluding carboxylic acids is 1. The molecule has 1 amide bonds. The van der Waals surface area contributed by atoms with Crippen LogP contribution in [0.15, 0.2) is 35.2 Å². The molecule has 1 aromatic rings. The number of rotatable bonds is 5. The largest absolute Gasteiger partial charge is 0.356 e. The van der Waals surface area contributed by atoms with Crippen LogP contribution in [0.1, 0.15) is 26.7 Å². The monoisotopic (exact) mass is 324 g/mol. The smallest absolute Gasteiger partial charge is 0.243 e. The van der Waals surface area contributed by atoms with E-state index >= 15 is 0 Å². The van der Waals surface area contributed by atoms with Gasteiger partial charge in [0, 0.05) is 25.6 Å². The molecular formula is C16H24N2O3S. The zero-order chi connectivity index (χ0) is 16.2. The van der Waals surface area contributed by atoms with Gasteiger partial charge >= 0.3 is 0 Å². The van der Waals surface area contributed by atoms with Gasteiger partial charge in [-0.3, -0.25) is 4.79 Å². The van der Waals surface area contributed by atoms with Crippen LogP contribution < -0.4 is 5.32 Å². The van der Waals surface area contributed by atoms with Crippen molar-refractivity contribution < 1.29 is 13.2 Å². The maximum absolute atomic E-state index is 12.5. The van der Waals surface area contributed by atoms with Crippen LogP contribution in [0.5, 0.6) is 0 Å². The second-order valence-electron chi connectivity index (χ2n) is 6.06. The van der Waals surface area contributed by atoms with Gasteiger partial charge in [0.2, 0.25) is 15.9 Å². The lowest BCUT2D eigenvalue weighted by atomic mass is 9.98. The molecule has 1 fully saturated rings. The van der Waals surface area contributed by atoms with Gasteiger partial charge in [0.15, 0.2) is 0 Å². The number of nitrogens with zero attached hydrogens (tertiary/aromatic N) is 1. The highest BCUT2D eigenvalue weighted by Gasteiger charge is 2.29. The number of carbonyl (C=O) groups is 1. The third-order valence-electron chi connectivity index (χ3n) is 4.04. The molecule has 1 aromatic carbocycles. The molecule has 0 radical (unpaired) electrons. The number of sulfonamides is 1. The Morgan fingerprint density at radius 3 is 2.36 bits per heavy atom. The minimum Gasteiger partial charge on any atom is -0.356 e. The Balaban J connectivity index is 1.88. The molecule has 0 aromatic heterocycles. The minimum absolute atomic E-state index is 0.0152. The molecule has 0 saturated carbocycles. The summed E-state index contributed by atoms with van der Waals surface area (Å²) in [7, 11) is -3.38. The molecule has 0 spiro atoms. The summed E-state index contributed by atoms with van der Waals surface area (Å²) in [6, 6.07) is 8.54. The van der Waals surface area contributed by atoms with Crippen molar-refractivity contribution in [1.82, 2.24) is 9.62 Å². The number of hydrogen-bond donors (Lipinski definition) is 1. The summed E-state index contributed by atoms with van der Waals surface area (Å²) in [4.78, 5) is 11.9. The molecule has 22 heavy (non-hydrogen) atoms. The third kappa shape index (κ3) is 4.08. The molecule has 1 saturated heterocycles. The predicted molar refractivity (Wildman–Crippen MR) is 85.8 cm³/mol. The molecule has 5 nitrogen and oxygen atoms in total. The van der Waals surface area contributed by atoms with Gasteiger partial charge in [-0.05, 0) is 30.9 Å². The molecule has 1 N–H and O–H groups in total. The van der Waals surface area contributed by atoms with E-state index in [0.29, 0.717) is 30.4 Å². The molecular weight excluding hydrogens is 300 g/mol. The van der Waals surface area contributed by atoms with Crippen LogP contribution in [0.3, 0.4) is 0 Å². The first-order chi connectivity index (χ1) is 10.4. The Bertz CT molecular complexity index is 591. The molecule has 1 aliphatic heterocycles. The van der Waals surface area contributed by atoms with Crippen molar-refractivity contribution in [3.05, 3.63) is 30.3 Å². The summed E-state index contributed by atoms with van der Waals surface area (Å²) in [5, 5.41) is 2.93.